The number of hydrogen-bond donors (Lipinski definition) is 0. The van der Waals surface area contributed by atoms with Gasteiger partial charge in [-0.3, -0.25) is 4.79 Å². The predicted octanol–water partition coefficient (Wildman–Crippen LogP) is 3.09. The molecule has 6 heteroatoms. The second-order valence-electron chi connectivity index (χ2n) is 4.34. The lowest BCUT2D eigenvalue weighted by Crippen LogP contribution is -2.39. The van der Waals surface area contributed by atoms with Crippen LogP contribution < -0.4 is 4.90 Å². The Hall–Kier alpha value is -1.56. The summed E-state index contributed by atoms with van der Waals surface area (Å²) in [6.45, 7) is 3.29. The number of nitrogens with zero attached hydrogens (tertiary/aromatic N) is 1. The van der Waals surface area contributed by atoms with Crippen molar-refractivity contribution in [3.8, 4) is 0 Å². The van der Waals surface area contributed by atoms with Crippen LogP contribution in [0.15, 0.2) is 24.3 Å². The Balaban J connectivity index is 3.14. The first-order valence-corrected chi connectivity index (χ1v) is 5.75. The maximum absolute atomic E-state index is 12.7. The van der Waals surface area contributed by atoms with Gasteiger partial charge in [0.1, 0.15) is 6.61 Å². The fourth-order valence-corrected chi connectivity index (χ4v) is 1.76. The summed E-state index contributed by atoms with van der Waals surface area (Å²) < 4.78 is 42.7. The molecule has 0 saturated heterocycles. The van der Waals surface area contributed by atoms with Crippen LogP contribution in [0.4, 0.5) is 18.9 Å². The number of alkyl halides is 3. The molecule has 0 aliphatic heterocycles. The maximum Gasteiger partial charge on any atom is 0.416 e. The molecule has 0 heterocycles. The normalized spacial score (nSPS) is 11.7. The van der Waals surface area contributed by atoms with Crippen LogP contribution in [0.2, 0.25) is 0 Å². The molecule has 106 valence electrons. The maximum atomic E-state index is 12.7. The van der Waals surface area contributed by atoms with E-state index in [1.807, 2.05) is 0 Å². The zero-order chi connectivity index (χ0) is 14.6. The first-order valence-electron chi connectivity index (χ1n) is 5.75. The fourth-order valence-electron chi connectivity index (χ4n) is 1.76. The third-order valence-corrected chi connectivity index (χ3v) is 2.50. The van der Waals surface area contributed by atoms with E-state index < -0.39 is 11.7 Å². The number of halogens is 3. The summed E-state index contributed by atoms with van der Waals surface area (Å²) in [7, 11) is 1.36. The van der Waals surface area contributed by atoms with Crippen LogP contribution in [0.5, 0.6) is 0 Å². The number of methoxy groups -OCH3 is 1. The Morgan fingerprint density at radius 2 is 2.00 bits per heavy atom. The molecular weight excluding hydrogens is 259 g/mol. The van der Waals surface area contributed by atoms with Crippen LogP contribution >= 0.6 is 0 Å². The van der Waals surface area contributed by atoms with E-state index in [1.54, 1.807) is 13.8 Å². The van der Waals surface area contributed by atoms with Gasteiger partial charge in [-0.1, -0.05) is 6.07 Å². The highest BCUT2D eigenvalue weighted by atomic mass is 19.4. The first kappa shape index (κ1) is 15.5. The van der Waals surface area contributed by atoms with E-state index in [0.29, 0.717) is 0 Å². The lowest BCUT2D eigenvalue weighted by Gasteiger charge is -2.27. The minimum absolute atomic E-state index is 0.172. The van der Waals surface area contributed by atoms with Gasteiger partial charge in [-0.05, 0) is 32.0 Å². The SMILES string of the molecule is COCC(=O)N(c1cccc(C(F)(F)F)c1)C(C)C. The van der Waals surface area contributed by atoms with Crippen LogP contribution in [0.1, 0.15) is 19.4 Å². The minimum Gasteiger partial charge on any atom is -0.375 e. The molecule has 0 bridgehead atoms. The van der Waals surface area contributed by atoms with E-state index >= 15 is 0 Å². The van der Waals surface area contributed by atoms with Crippen molar-refractivity contribution >= 4 is 11.6 Å². The molecule has 0 aliphatic rings. The summed E-state index contributed by atoms with van der Waals surface area (Å²) in [6, 6.07) is 4.44. The third kappa shape index (κ3) is 3.96. The van der Waals surface area contributed by atoms with Gasteiger partial charge in [0.25, 0.3) is 5.91 Å². The molecule has 0 aliphatic carbocycles. The predicted molar refractivity (Wildman–Crippen MR) is 65.9 cm³/mol. The molecule has 0 atom stereocenters. The van der Waals surface area contributed by atoms with Gasteiger partial charge < -0.3 is 9.64 Å². The average Bonchev–Trinajstić information content (AvgIpc) is 2.28. The Morgan fingerprint density at radius 3 is 2.47 bits per heavy atom. The summed E-state index contributed by atoms with van der Waals surface area (Å²) in [5, 5.41) is 0. The van der Waals surface area contributed by atoms with E-state index in [9.17, 15) is 18.0 Å². The van der Waals surface area contributed by atoms with Crippen LogP contribution in [0.3, 0.4) is 0 Å². The standard InChI is InChI=1S/C13H16F3NO2/c1-9(2)17(12(18)8-19-3)11-6-4-5-10(7-11)13(14,15)16/h4-7,9H,8H2,1-3H3. The number of rotatable bonds is 4. The molecule has 19 heavy (non-hydrogen) atoms. The Labute approximate surface area is 110 Å². The van der Waals surface area contributed by atoms with Crippen LogP contribution in [-0.4, -0.2) is 25.7 Å². The molecule has 1 aromatic carbocycles. The monoisotopic (exact) mass is 275 g/mol. The molecule has 1 rings (SSSR count). The molecule has 0 radical (unpaired) electrons. The first-order chi connectivity index (χ1) is 8.77. The van der Waals surface area contributed by atoms with Crippen molar-refractivity contribution in [2.24, 2.45) is 0 Å². The van der Waals surface area contributed by atoms with E-state index in [2.05, 4.69) is 0 Å². The van der Waals surface area contributed by atoms with Gasteiger partial charge in [0.05, 0.1) is 5.56 Å². The van der Waals surface area contributed by atoms with E-state index in [4.69, 9.17) is 4.74 Å². The zero-order valence-corrected chi connectivity index (χ0v) is 11.0. The number of amides is 1. The molecular formula is C13H16F3NO2. The lowest BCUT2D eigenvalue weighted by molar-refractivity contribution is -0.137. The molecule has 0 fully saturated rings. The minimum atomic E-state index is -4.43. The average molecular weight is 275 g/mol. The van der Waals surface area contributed by atoms with E-state index in [1.165, 1.54) is 24.1 Å². The highest BCUT2D eigenvalue weighted by Gasteiger charge is 2.31. The van der Waals surface area contributed by atoms with Crippen molar-refractivity contribution in [2.75, 3.05) is 18.6 Å². The van der Waals surface area contributed by atoms with E-state index in [-0.39, 0.29) is 24.2 Å². The number of hydrogen-bond acceptors (Lipinski definition) is 2. The van der Waals surface area contributed by atoms with Crippen LogP contribution in [0.25, 0.3) is 0 Å². The summed E-state index contributed by atoms with van der Waals surface area (Å²) in [4.78, 5) is 13.2. The second-order valence-corrected chi connectivity index (χ2v) is 4.34. The van der Waals surface area contributed by atoms with Gasteiger partial charge in [-0.15, -0.1) is 0 Å². The Morgan fingerprint density at radius 1 is 1.37 bits per heavy atom. The van der Waals surface area contributed by atoms with Crippen molar-refractivity contribution in [1.82, 2.24) is 0 Å². The van der Waals surface area contributed by atoms with Gasteiger partial charge in [0.15, 0.2) is 0 Å². The Bertz CT molecular complexity index is 444. The van der Waals surface area contributed by atoms with Crippen LogP contribution in [-0.2, 0) is 15.7 Å². The largest absolute Gasteiger partial charge is 0.416 e. The van der Waals surface area contributed by atoms with E-state index in [0.717, 1.165) is 12.1 Å². The zero-order valence-electron chi connectivity index (χ0n) is 11.0. The highest BCUT2D eigenvalue weighted by Crippen LogP contribution is 2.32. The second kappa shape index (κ2) is 6.06. The molecule has 0 unspecified atom stereocenters. The van der Waals surface area contributed by atoms with Crippen molar-refractivity contribution in [2.45, 2.75) is 26.1 Å². The van der Waals surface area contributed by atoms with Gasteiger partial charge in [-0.2, -0.15) is 13.2 Å². The van der Waals surface area contributed by atoms with Crippen molar-refractivity contribution < 1.29 is 22.7 Å². The summed E-state index contributed by atoms with van der Waals surface area (Å²) in [5.41, 5.74) is -0.562. The fraction of sp³-hybridized carbons (Fsp3) is 0.462. The third-order valence-electron chi connectivity index (χ3n) is 2.50. The molecule has 3 nitrogen and oxygen atoms in total. The number of carbonyl (C=O) groups excluding carboxylic acids is 1. The molecule has 0 aromatic heterocycles. The molecule has 0 saturated carbocycles. The molecule has 1 aromatic rings. The van der Waals surface area contributed by atoms with Gasteiger partial charge in [0, 0.05) is 18.8 Å². The van der Waals surface area contributed by atoms with Crippen molar-refractivity contribution in [3.63, 3.8) is 0 Å². The van der Waals surface area contributed by atoms with Gasteiger partial charge in [-0.25, -0.2) is 0 Å². The summed E-state index contributed by atoms with van der Waals surface area (Å²) in [5.74, 6) is -0.378. The lowest BCUT2D eigenvalue weighted by atomic mass is 10.1. The number of anilines is 1. The summed E-state index contributed by atoms with van der Waals surface area (Å²) >= 11 is 0. The summed E-state index contributed by atoms with van der Waals surface area (Å²) in [6.07, 6.45) is -4.43. The quantitative estimate of drug-likeness (QED) is 0.845. The number of carbonyl (C=O) groups is 1. The van der Waals surface area contributed by atoms with Gasteiger partial charge in [0.2, 0.25) is 0 Å². The molecule has 1 amide bonds. The van der Waals surface area contributed by atoms with Crippen molar-refractivity contribution in [1.29, 1.82) is 0 Å². The highest BCUT2D eigenvalue weighted by molar-refractivity contribution is 5.94. The van der Waals surface area contributed by atoms with Gasteiger partial charge >= 0.3 is 6.18 Å². The van der Waals surface area contributed by atoms with Crippen LogP contribution in [0, 0.1) is 0 Å². The van der Waals surface area contributed by atoms with Crippen molar-refractivity contribution in [3.05, 3.63) is 29.8 Å². The number of ether oxygens (including phenoxy) is 1. The molecule has 0 spiro atoms. The molecule has 0 N–H and O–H groups in total. The Kier molecular flexibility index (Phi) is 4.94. The number of benzene rings is 1. The smallest absolute Gasteiger partial charge is 0.375 e. The topological polar surface area (TPSA) is 29.5 Å².